The van der Waals surface area contributed by atoms with E-state index in [1.165, 1.54) is 0 Å². The Hall–Kier alpha value is -2.86. The van der Waals surface area contributed by atoms with Crippen LogP contribution >= 0.6 is 0 Å². The van der Waals surface area contributed by atoms with Crippen LogP contribution in [0.4, 0.5) is 5.69 Å². The van der Waals surface area contributed by atoms with Crippen LogP contribution in [0.15, 0.2) is 42.5 Å². The van der Waals surface area contributed by atoms with E-state index in [4.69, 9.17) is 15.6 Å². The van der Waals surface area contributed by atoms with E-state index in [-0.39, 0.29) is 18.9 Å². The van der Waals surface area contributed by atoms with Crippen molar-refractivity contribution in [2.45, 2.75) is 6.54 Å². The Balaban J connectivity index is 2.21. The molecule has 2 aromatic carbocycles. The van der Waals surface area contributed by atoms with Crippen molar-refractivity contribution in [1.29, 1.82) is 0 Å². The quantitative estimate of drug-likeness (QED) is 0.531. The van der Waals surface area contributed by atoms with E-state index in [1.807, 2.05) is 0 Å². The molecule has 0 aromatic heterocycles. The Morgan fingerprint density at radius 2 is 1.91 bits per heavy atom. The molecule has 0 heterocycles. The maximum atomic E-state index is 12.5. The van der Waals surface area contributed by atoms with Gasteiger partial charge in [-0.05, 0) is 35.9 Å². The summed E-state index contributed by atoms with van der Waals surface area (Å²) >= 11 is 0. The lowest BCUT2D eigenvalue weighted by atomic mass is 10.00. The van der Waals surface area contributed by atoms with Gasteiger partial charge in [0.15, 0.2) is 5.78 Å². The number of nitrogens with two attached hydrogens (primary N) is 1. The first-order chi connectivity index (χ1) is 11.0. The molecule has 0 unspecified atom stereocenters. The first-order valence-corrected chi connectivity index (χ1v) is 7.01. The normalized spacial score (nSPS) is 10.3. The maximum absolute atomic E-state index is 12.5. The standard InChI is InChI=1S/C17H18N2O4/c1-23-14-4-2-3-11(8-14)17(22)12-5-6-15(18)13(7-12)9-19-10-16(20)21/h2-8,19H,9-10,18H2,1H3,(H,20,21). The number of methoxy groups -OCH3 is 1. The van der Waals surface area contributed by atoms with Crippen molar-refractivity contribution in [3.05, 3.63) is 59.2 Å². The van der Waals surface area contributed by atoms with Gasteiger partial charge in [0, 0.05) is 23.4 Å². The van der Waals surface area contributed by atoms with Crippen LogP contribution in [0, 0.1) is 0 Å². The fourth-order valence-electron chi connectivity index (χ4n) is 2.14. The minimum absolute atomic E-state index is 0.150. The highest BCUT2D eigenvalue weighted by Gasteiger charge is 2.12. The Morgan fingerprint density at radius 1 is 1.17 bits per heavy atom. The van der Waals surface area contributed by atoms with Crippen molar-refractivity contribution >= 4 is 17.4 Å². The van der Waals surface area contributed by atoms with E-state index in [9.17, 15) is 9.59 Å². The van der Waals surface area contributed by atoms with Crippen LogP contribution in [0.5, 0.6) is 5.75 Å². The Morgan fingerprint density at radius 3 is 2.61 bits per heavy atom. The van der Waals surface area contributed by atoms with Gasteiger partial charge in [-0.3, -0.25) is 9.59 Å². The molecular formula is C17H18N2O4. The van der Waals surface area contributed by atoms with Gasteiger partial charge in [-0.25, -0.2) is 0 Å². The van der Waals surface area contributed by atoms with Crippen molar-refractivity contribution in [2.75, 3.05) is 19.4 Å². The average Bonchev–Trinajstić information content (AvgIpc) is 2.55. The largest absolute Gasteiger partial charge is 0.497 e. The minimum Gasteiger partial charge on any atom is -0.497 e. The topological polar surface area (TPSA) is 102 Å². The van der Waals surface area contributed by atoms with Gasteiger partial charge in [-0.1, -0.05) is 12.1 Å². The highest BCUT2D eigenvalue weighted by Crippen LogP contribution is 2.19. The lowest BCUT2D eigenvalue weighted by Gasteiger charge is -2.09. The smallest absolute Gasteiger partial charge is 0.317 e. The van der Waals surface area contributed by atoms with Crippen LogP contribution in [0.25, 0.3) is 0 Å². The molecule has 0 aliphatic carbocycles. The van der Waals surface area contributed by atoms with E-state index >= 15 is 0 Å². The molecule has 0 saturated carbocycles. The zero-order chi connectivity index (χ0) is 16.8. The molecule has 0 bridgehead atoms. The summed E-state index contributed by atoms with van der Waals surface area (Å²) in [5, 5.41) is 11.4. The van der Waals surface area contributed by atoms with Crippen LogP contribution in [0.3, 0.4) is 0 Å². The van der Waals surface area contributed by atoms with Crippen LogP contribution in [-0.2, 0) is 11.3 Å². The number of nitrogens with one attached hydrogen (secondary N) is 1. The molecule has 0 aliphatic heterocycles. The summed E-state index contributed by atoms with van der Waals surface area (Å²) in [5.41, 5.74) is 8.06. The summed E-state index contributed by atoms with van der Waals surface area (Å²) in [7, 11) is 1.54. The predicted octanol–water partition coefficient (Wildman–Crippen LogP) is 1.68. The number of nitrogen functional groups attached to an aromatic ring is 1. The van der Waals surface area contributed by atoms with Crippen LogP contribution < -0.4 is 15.8 Å². The molecule has 4 N–H and O–H groups in total. The van der Waals surface area contributed by atoms with E-state index in [1.54, 1.807) is 49.6 Å². The Bertz CT molecular complexity index is 728. The van der Waals surface area contributed by atoms with E-state index in [2.05, 4.69) is 5.32 Å². The number of hydrogen-bond donors (Lipinski definition) is 3. The first kappa shape index (κ1) is 16.5. The second-order valence-corrected chi connectivity index (χ2v) is 4.97. The van der Waals surface area contributed by atoms with Crippen LogP contribution in [-0.4, -0.2) is 30.5 Å². The summed E-state index contributed by atoms with van der Waals surface area (Å²) in [6, 6.07) is 11.9. The van der Waals surface area contributed by atoms with E-state index in [0.29, 0.717) is 28.1 Å². The van der Waals surface area contributed by atoms with Gasteiger partial charge in [0.25, 0.3) is 0 Å². The number of hydrogen-bond acceptors (Lipinski definition) is 5. The number of ketones is 1. The number of ether oxygens (including phenoxy) is 1. The molecule has 0 radical (unpaired) electrons. The third-order valence-electron chi connectivity index (χ3n) is 3.33. The lowest BCUT2D eigenvalue weighted by molar-refractivity contribution is -0.136. The van der Waals surface area contributed by atoms with Gasteiger partial charge in [0.1, 0.15) is 5.75 Å². The monoisotopic (exact) mass is 314 g/mol. The fraction of sp³-hybridized carbons (Fsp3) is 0.176. The van der Waals surface area contributed by atoms with Crippen LogP contribution in [0.1, 0.15) is 21.5 Å². The summed E-state index contributed by atoms with van der Waals surface area (Å²) in [5.74, 6) is -0.495. The number of rotatable bonds is 7. The highest BCUT2D eigenvalue weighted by molar-refractivity contribution is 6.09. The van der Waals surface area contributed by atoms with Crippen molar-refractivity contribution < 1.29 is 19.4 Å². The van der Waals surface area contributed by atoms with E-state index < -0.39 is 5.97 Å². The fourth-order valence-corrected chi connectivity index (χ4v) is 2.14. The molecule has 0 saturated heterocycles. The molecule has 0 amide bonds. The van der Waals surface area contributed by atoms with Gasteiger partial charge in [-0.15, -0.1) is 0 Å². The number of carboxylic acids is 1. The lowest BCUT2D eigenvalue weighted by Crippen LogP contribution is -2.22. The Labute approximate surface area is 133 Å². The predicted molar refractivity (Wildman–Crippen MR) is 86.6 cm³/mol. The van der Waals surface area contributed by atoms with Crippen molar-refractivity contribution in [2.24, 2.45) is 0 Å². The number of benzene rings is 2. The second kappa shape index (κ2) is 7.42. The van der Waals surface area contributed by atoms with Gasteiger partial charge in [0.05, 0.1) is 13.7 Å². The van der Waals surface area contributed by atoms with Gasteiger partial charge >= 0.3 is 5.97 Å². The summed E-state index contributed by atoms with van der Waals surface area (Å²) < 4.78 is 5.12. The molecule has 0 aliphatic rings. The summed E-state index contributed by atoms with van der Waals surface area (Å²) in [4.78, 5) is 23.1. The molecule has 6 heteroatoms. The zero-order valence-electron chi connectivity index (χ0n) is 12.7. The second-order valence-electron chi connectivity index (χ2n) is 4.97. The molecule has 2 rings (SSSR count). The molecule has 0 atom stereocenters. The van der Waals surface area contributed by atoms with Crippen molar-refractivity contribution in [3.8, 4) is 5.75 Å². The number of anilines is 1. The number of carbonyl (C=O) groups is 2. The maximum Gasteiger partial charge on any atom is 0.317 e. The number of aliphatic carboxylic acids is 1. The van der Waals surface area contributed by atoms with Gasteiger partial charge in [-0.2, -0.15) is 0 Å². The number of carboxylic acid groups (broad SMARTS) is 1. The first-order valence-electron chi connectivity index (χ1n) is 7.01. The van der Waals surface area contributed by atoms with Crippen molar-refractivity contribution in [3.63, 3.8) is 0 Å². The summed E-state index contributed by atoms with van der Waals surface area (Å²) in [6.07, 6.45) is 0. The molecule has 0 fully saturated rings. The summed E-state index contributed by atoms with van der Waals surface area (Å²) in [6.45, 7) is 0.102. The average molecular weight is 314 g/mol. The molecule has 0 spiro atoms. The highest BCUT2D eigenvalue weighted by atomic mass is 16.5. The SMILES string of the molecule is COc1cccc(C(=O)c2ccc(N)c(CNCC(=O)O)c2)c1. The van der Waals surface area contributed by atoms with Gasteiger partial charge in [0.2, 0.25) is 0 Å². The molecular weight excluding hydrogens is 296 g/mol. The van der Waals surface area contributed by atoms with Crippen molar-refractivity contribution in [1.82, 2.24) is 5.32 Å². The third-order valence-corrected chi connectivity index (χ3v) is 3.33. The minimum atomic E-state index is -0.952. The third kappa shape index (κ3) is 4.31. The Kier molecular flexibility index (Phi) is 5.32. The van der Waals surface area contributed by atoms with E-state index in [0.717, 1.165) is 0 Å². The van der Waals surface area contributed by atoms with Crippen LogP contribution in [0.2, 0.25) is 0 Å². The molecule has 6 nitrogen and oxygen atoms in total. The molecule has 2 aromatic rings. The molecule has 120 valence electrons. The molecule has 23 heavy (non-hydrogen) atoms. The van der Waals surface area contributed by atoms with Gasteiger partial charge < -0.3 is 20.9 Å². The zero-order valence-corrected chi connectivity index (χ0v) is 12.7. The number of carbonyl (C=O) groups excluding carboxylic acids is 1.